The third kappa shape index (κ3) is 3.37. The highest BCUT2D eigenvalue weighted by atomic mass is 16.5. The minimum atomic E-state index is -0.108. The van der Waals surface area contributed by atoms with Crippen LogP contribution in [0.4, 0.5) is 17.3 Å². The molecule has 2 aromatic heterocycles. The molecule has 1 aliphatic rings. The standard InChI is InChI=1S/C19H17N7O2/c20-7-14-5-11(12-3-4-15(9-27)22-8-12)1-2-13(14)10-28-16-6-17(21)23-19-18(16)24-26-25-19/h1-6,8,24,26-27H,9-10H2,(H3,21,23,25). The van der Waals surface area contributed by atoms with Gasteiger partial charge in [-0.05, 0) is 17.7 Å². The monoisotopic (exact) mass is 375 g/mol. The quantitative estimate of drug-likeness (QED) is 0.452. The predicted octanol–water partition coefficient (Wildman–Crippen LogP) is 1.93. The fraction of sp³-hybridized carbons (Fsp3) is 0.105. The number of hydrogen-bond donors (Lipinski definition) is 5. The van der Waals surface area contributed by atoms with Crippen LogP contribution >= 0.6 is 0 Å². The maximum Gasteiger partial charge on any atom is 0.172 e. The first-order valence-electron chi connectivity index (χ1n) is 8.47. The second-order valence-electron chi connectivity index (χ2n) is 6.11. The molecule has 4 rings (SSSR count). The number of nitrogen functional groups attached to an aromatic ring is 1. The van der Waals surface area contributed by atoms with Crippen LogP contribution in [0, 0.1) is 11.3 Å². The van der Waals surface area contributed by atoms with Crippen LogP contribution in [0.25, 0.3) is 11.1 Å². The van der Waals surface area contributed by atoms with Crippen molar-refractivity contribution in [3.63, 3.8) is 0 Å². The first-order chi connectivity index (χ1) is 13.7. The Kier molecular flexibility index (Phi) is 4.63. The van der Waals surface area contributed by atoms with Gasteiger partial charge in [-0.1, -0.05) is 18.2 Å². The summed E-state index contributed by atoms with van der Waals surface area (Å²) in [6.07, 6.45) is 1.67. The molecule has 0 aliphatic carbocycles. The summed E-state index contributed by atoms with van der Waals surface area (Å²) in [6, 6.07) is 13.0. The smallest absolute Gasteiger partial charge is 0.172 e. The van der Waals surface area contributed by atoms with Crippen LogP contribution in [0.5, 0.6) is 5.75 Å². The summed E-state index contributed by atoms with van der Waals surface area (Å²) in [6.45, 7) is 0.0889. The summed E-state index contributed by atoms with van der Waals surface area (Å²) in [5.74, 6) is 1.39. The number of nitrogens with two attached hydrogens (primary N) is 1. The average molecular weight is 375 g/mol. The number of anilines is 3. The van der Waals surface area contributed by atoms with E-state index >= 15 is 0 Å². The molecule has 140 valence electrons. The van der Waals surface area contributed by atoms with Crippen molar-refractivity contribution in [1.29, 1.82) is 5.26 Å². The van der Waals surface area contributed by atoms with Crippen LogP contribution < -0.4 is 26.9 Å². The number of aliphatic hydroxyl groups excluding tert-OH is 1. The SMILES string of the molecule is N#Cc1cc(-c2ccc(CO)nc2)ccc1COc1cc(N)nc2c1NNN2. The lowest BCUT2D eigenvalue weighted by atomic mass is 10.0. The summed E-state index contributed by atoms with van der Waals surface area (Å²) in [5, 5.41) is 18.7. The van der Waals surface area contributed by atoms with Gasteiger partial charge >= 0.3 is 0 Å². The highest BCUT2D eigenvalue weighted by Crippen LogP contribution is 2.35. The van der Waals surface area contributed by atoms with Crippen molar-refractivity contribution in [2.24, 2.45) is 0 Å². The van der Waals surface area contributed by atoms with Crippen molar-refractivity contribution < 1.29 is 9.84 Å². The zero-order valence-electron chi connectivity index (χ0n) is 14.7. The lowest BCUT2D eigenvalue weighted by molar-refractivity contribution is 0.277. The van der Waals surface area contributed by atoms with Gasteiger partial charge in [-0.2, -0.15) is 5.26 Å². The Hall–Kier alpha value is -3.87. The number of ether oxygens (including phenoxy) is 1. The molecule has 1 aromatic carbocycles. The molecule has 0 saturated carbocycles. The largest absolute Gasteiger partial charge is 0.486 e. The molecule has 9 heteroatoms. The van der Waals surface area contributed by atoms with E-state index in [1.54, 1.807) is 24.4 Å². The molecule has 0 spiro atoms. The molecule has 0 amide bonds. The third-order valence-corrected chi connectivity index (χ3v) is 4.31. The second-order valence-corrected chi connectivity index (χ2v) is 6.11. The van der Waals surface area contributed by atoms with E-state index < -0.39 is 0 Å². The van der Waals surface area contributed by atoms with Gasteiger partial charge in [-0.25, -0.2) is 4.98 Å². The van der Waals surface area contributed by atoms with E-state index in [1.165, 1.54) is 0 Å². The van der Waals surface area contributed by atoms with Gasteiger partial charge in [0.2, 0.25) is 0 Å². The van der Waals surface area contributed by atoms with Crippen molar-refractivity contribution >= 4 is 17.3 Å². The van der Waals surface area contributed by atoms with E-state index in [0.29, 0.717) is 34.3 Å². The molecular weight excluding hydrogens is 358 g/mol. The number of rotatable bonds is 5. The fourth-order valence-corrected chi connectivity index (χ4v) is 2.85. The number of nitriles is 1. The molecule has 3 heterocycles. The van der Waals surface area contributed by atoms with Crippen LogP contribution in [-0.4, -0.2) is 15.1 Å². The number of fused-ring (bicyclic) bond motifs is 1. The summed E-state index contributed by atoms with van der Waals surface area (Å²) in [5.41, 5.74) is 18.5. The van der Waals surface area contributed by atoms with Gasteiger partial charge in [-0.15, -0.1) is 5.53 Å². The number of aliphatic hydroxyl groups is 1. The fourth-order valence-electron chi connectivity index (χ4n) is 2.85. The van der Waals surface area contributed by atoms with E-state index in [2.05, 4.69) is 32.4 Å². The zero-order chi connectivity index (χ0) is 19.5. The average Bonchev–Trinajstić information content (AvgIpc) is 3.20. The molecule has 9 nitrogen and oxygen atoms in total. The van der Waals surface area contributed by atoms with Gasteiger partial charge in [0, 0.05) is 23.4 Å². The molecule has 0 fully saturated rings. The first kappa shape index (κ1) is 17.5. The van der Waals surface area contributed by atoms with Crippen LogP contribution in [0.2, 0.25) is 0 Å². The maximum absolute atomic E-state index is 9.55. The van der Waals surface area contributed by atoms with Gasteiger partial charge in [-0.3, -0.25) is 15.8 Å². The predicted molar refractivity (Wildman–Crippen MR) is 104 cm³/mol. The van der Waals surface area contributed by atoms with Gasteiger partial charge in [0.15, 0.2) is 11.6 Å². The van der Waals surface area contributed by atoms with Crippen LogP contribution in [0.15, 0.2) is 42.6 Å². The zero-order valence-corrected chi connectivity index (χ0v) is 14.7. The summed E-state index contributed by atoms with van der Waals surface area (Å²) in [4.78, 5) is 8.32. The highest BCUT2D eigenvalue weighted by molar-refractivity contribution is 5.76. The molecule has 0 bridgehead atoms. The minimum absolute atomic E-state index is 0.108. The Bertz CT molecular complexity index is 1060. The Morgan fingerprint density at radius 1 is 1.14 bits per heavy atom. The van der Waals surface area contributed by atoms with E-state index in [1.807, 2.05) is 18.2 Å². The van der Waals surface area contributed by atoms with Crippen molar-refractivity contribution in [3.05, 3.63) is 59.4 Å². The molecule has 0 unspecified atom stereocenters. The topological polar surface area (TPSA) is 141 Å². The number of nitrogens with one attached hydrogen (secondary N) is 3. The van der Waals surface area contributed by atoms with E-state index in [0.717, 1.165) is 16.7 Å². The Labute approximate surface area is 160 Å². The first-order valence-corrected chi connectivity index (χ1v) is 8.47. The highest BCUT2D eigenvalue weighted by Gasteiger charge is 2.18. The molecule has 28 heavy (non-hydrogen) atoms. The van der Waals surface area contributed by atoms with Gasteiger partial charge in [0.25, 0.3) is 0 Å². The Balaban J connectivity index is 1.57. The molecule has 0 atom stereocenters. The molecular formula is C19H17N7O2. The molecule has 6 N–H and O–H groups in total. The van der Waals surface area contributed by atoms with E-state index in [4.69, 9.17) is 15.6 Å². The summed E-state index contributed by atoms with van der Waals surface area (Å²) in [7, 11) is 0. The number of aromatic nitrogens is 2. The Morgan fingerprint density at radius 3 is 2.75 bits per heavy atom. The molecule has 0 saturated heterocycles. The van der Waals surface area contributed by atoms with Gasteiger partial charge in [0.1, 0.15) is 18.1 Å². The van der Waals surface area contributed by atoms with E-state index in [9.17, 15) is 5.26 Å². The molecule has 1 aliphatic heterocycles. The summed E-state index contributed by atoms with van der Waals surface area (Å²) < 4.78 is 5.88. The number of hydrazine groups is 2. The van der Waals surface area contributed by atoms with Crippen LogP contribution in [-0.2, 0) is 13.2 Å². The van der Waals surface area contributed by atoms with Gasteiger partial charge < -0.3 is 15.6 Å². The van der Waals surface area contributed by atoms with Crippen LogP contribution in [0.3, 0.4) is 0 Å². The maximum atomic E-state index is 9.55. The van der Waals surface area contributed by atoms with Crippen molar-refractivity contribution in [1.82, 2.24) is 15.5 Å². The number of nitrogens with zero attached hydrogens (tertiary/aromatic N) is 3. The Morgan fingerprint density at radius 2 is 2.00 bits per heavy atom. The summed E-state index contributed by atoms with van der Waals surface area (Å²) >= 11 is 0. The minimum Gasteiger partial charge on any atom is -0.486 e. The van der Waals surface area contributed by atoms with Crippen molar-refractivity contribution in [2.75, 3.05) is 16.6 Å². The lowest BCUT2D eigenvalue weighted by Crippen LogP contribution is -2.19. The number of pyridine rings is 2. The lowest BCUT2D eigenvalue weighted by Gasteiger charge is -2.12. The molecule has 3 aromatic rings. The van der Waals surface area contributed by atoms with Crippen molar-refractivity contribution in [3.8, 4) is 22.9 Å². The number of hydrogen-bond acceptors (Lipinski definition) is 9. The second kappa shape index (κ2) is 7.40. The number of benzene rings is 1. The van der Waals surface area contributed by atoms with Crippen LogP contribution in [0.1, 0.15) is 16.8 Å². The molecule has 0 radical (unpaired) electrons. The van der Waals surface area contributed by atoms with E-state index in [-0.39, 0.29) is 13.2 Å². The third-order valence-electron chi connectivity index (χ3n) is 4.31. The van der Waals surface area contributed by atoms with Gasteiger partial charge in [0.05, 0.1) is 23.9 Å². The normalized spacial score (nSPS) is 11.9. The van der Waals surface area contributed by atoms with Crippen molar-refractivity contribution in [2.45, 2.75) is 13.2 Å².